The van der Waals surface area contributed by atoms with E-state index in [0.717, 1.165) is 9.77 Å². The smallest absolute Gasteiger partial charge is 0.251 e. The molecule has 0 spiro atoms. The summed E-state index contributed by atoms with van der Waals surface area (Å²) in [6, 6.07) is 11.2. The van der Waals surface area contributed by atoms with Crippen molar-refractivity contribution < 1.29 is 4.79 Å². The van der Waals surface area contributed by atoms with Gasteiger partial charge >= 0.3 is 0 Å². The van der Waals surface area contributed by atoms with Gasteiger partial charge in [-0.1, -0.05) is 12.1 Å². The lowest BCUT2D eigenvalue weighted by Gasteiger charge is -2.03. The lowest BCUT2D eigenvalue weighted by molar-refractivity contribution is 0.0951. The fraction of sp³-hybridized carbons (Fsp3) is 0.0833. The normalized spacial score (nSPS) is 10.1. The highest BCUT2D eigenvalue weighted by molar-refractivity contribution is 7.80. The molecule has 4 heteroatoms. The van der Waals surface area contributed by atoms with Gasteiger partial charge in [-0.25, -0.2) is 0 Å². The van der Waals surface area contributed by atoms with Crippen molar-refractivity contribution in [3.8, 4) is 0 Å². The zero-order valence-corrected chi connectivity index (χ0v) is 10.2. The van der Waals surface area contributed by atoms with Gasteiger partial charge in [-0.2, -0.15) is 0 Å². The number of hydrogen-bond acceptors (Lipinski definition) is 3. The maximum atomic E-state index is 11.8. The number of carbonyl (C=O) groups excluding carboxylic acids is 1. The van der Waals surface area contributed by atoms with Crippen molar-refractivity contribution in [2.45, 2.75) is 11.4 Å². The van der Waals surface area contributed by atoms with Crippen LogP contribution in [-0.2, 0) is 6.54 Å². The van der Waals surface area contributed by atoms with Crippen molar-refractivity contribution in [1.29, 1.82) is 0 Å². The van der Waals surface area contributed by atoms with Crippen molar-refractivity contribution >= 4 is 29.9 Å². The van der Waals surface area contributed by atoms with Gasteiger partial charge in [-0.05, 0) is 29.6 Å². The van der Waals surface area contributed by atoms with E-state index in [0.29, 0.717) is 12.1 Å². The number of rotatable bonds is 3. The van der Waals surface area contributed by atoms with E-state index in [1.807, 2.05) is 29.6 Å². The van der Waals surface area contributed by atoms with Crippen LogP contribution < -0.4 is 5.32 Å². The summed E-state index contributed by atoms with van der Waals surface area (Å²) in [6.07, 6.45) is 0. The molecule has 1 amide bonds. The summed E-state index contributed by atoms with van der Waals surface area (Å²) in [5.74, 6) is -0.0655. The van der Waals surface area contributed by atoms with Crippen molar-refractivity contribution in [2.24, 2.45) is 0 Å². The second kappa shape index (κ2) is 5.18. The second-order valence-corrected chi connectivity index (χ2v) is 4.86. The lowest BCUT2D eigenvalue weighted by Crippen LogP contribution is -2.22. The molecular formula is C12H11NOS2. The number of amides is 1. The fourth-order valence-corrected chi connectivity index (χ4v) is 2.20. The first kappa shape index (κ1) is 11.2. The lowest BCUT2D eigenvalue weighted by atomic mass is 10.2. The van der Waals surface area contributed by atoms with Crippen LogP contribution in [0.1, 0.15) is 15.2 Å². The Hall–Kier alpha value is -1.26. The van der Waals surface area contributed by atoms with E-state index in [2.05, 4.69) is 17.9 Å². The Morgan fingerprint density at radius 2 is 2.19 bits per heavy atom. The summed E-state index contributed by atoms with van der Waals surface area (Å²) >= 11 is 5.83. The highest BCUT2D eigenvalue weighted by Gasteiger charge is 2.05. The van der Waals surface area contributed by atoms with Crippen LogP contribution in [0.4, 0.5) is 0 Å². The highest BCUT2D eigenvalue weighted by Crippen LogP contribution is 2.10. The minimum Gasteiger partial charge on any atom is -0.347 e. The van der Waals surface area contributed by atoms with Crippen molar-refractivity contribution in [3.63, 3.8) is 0 Å². The third-order valence-electron chi connectivity index (χ3n) is 2.11. The van der Waals surface area contributed by atoms with Crippen LogP contribution >= 0.6 is 24.0 Å². The summed E-state index contributed by atoms with van der Waals surface area (Å²) in [5.41, 5.74) is 0.643. The first-order chi connectivity index (χ1) is 7.75. The topological polar surface area (TPSA) is 29.1 Å². The molecule has 1 N–H and O–H groups in total. The molecular weight excluding hydrogens is 238 g/mol. The summed E-state index contributed by atoms with van der Waals surface area (Å²) in [4.78, 5) is 13.7. The molecule has 2 nitrogen and oxygen atoms in total. The van der Waals surface area contributed by atoms with E-state index in [9.17, 15) is 4.79 Å². The summed E-state index contributed by atoms with van der Waals surface area (Å²) in [7, 11) is 0. The second-order valence-electron chi connectivity index (χ2n) is 3.31. The Bertz CT molecular complexity index is 480. The fourth-order valence-electron chi connectivity index (χ4n) is 1.33. The van der Waals surface area contributed by atoms with Crippen molar-refractivity contribution in [1.82, 2.24) is 5.32 Å². The summed E-state index contributed by atoms with van der Waals surface area (Å²) in [5, 5.41) is 4.86. The third kappa shape index (κ3) is 2.87. The monoisotopic (exact) mass is 249 g/mol. The van der Waals surface area contributed by atoms with Crippen LogP contribution in [0.25, 0.3) is 0 Å². The maximum absolute atomic E-state index is 11.8. The molecule has 0 aliphatic carbocycles. The molecule has 0 aliphatic rings. The van der Waals surface area contributed by atoms with Crippen LogP contribution in [-0.4, -0.2) is 5.91 Å². The Morgan fingerprint density at radius 1 is 1.31 bits per heavy atom. The van der Waals surface area contributed by atoms with Crippen LogP contribution in [0.2, 0.25) is 0 Å². The van der Waals surface area contributed by atoms with Gasteiger partial charge in [-0.15, -0.1) is 24.0 Å². The highest BCUT2D eigenvalue weighted by atomic mass is 32.1. The molecule has 16 heavy (non-hydrogen) atoms. The molecule has 0 aliphatic heterocycles. The molecule has 2 aromatic rings. The van der Waals surface area contributed by atoms with Gasteiger partial charge in [0.1, 0.15) is 0 Å². The van der Waals surface area contributed by atoms with Gasteiger partial charge in [0.2, 0.25) is 0 Å². The quantitative estimate of drug-likeness (QED) is 0.805. The predicted molar refractivity (Wildman–Crippen MR) is 69.2 cm³/mol. The van der Waals surface area contributed by atoms with Gasteiger partial charge < -0.3 is 5.32 Å². The molecule has 0 saturated carbocycles. The zero-order valence-electron chi connectivity index (χ0n) is 8.51. The first-order valence-corrected chi connectivity index (χ1v) is 6.18. The average Bonchev–Trinajstić information content (AvgIpc) is 2.78. The maximum Gasteiger partial charge on any atom is 0.251 e. The van der Waals surface area contributed by atoms with Crippen molar-refractivity contribution in [3.05, 3.63) is 52.2 Å². The van der Waals surface area contributed by atoms with Crippen molar-refractivity contribution in [2.75, 3.05) is 0 Å². The van der Waals surface area contributed by atoms with Crippen LogP contribution in [0.3, 0.4) is 0 Å². The SMILES string of the molecule is O=C(NCc1cccs1)c1cccc(S)c1. The Balaban J connectivity index is 1.98. The molecule has 1 aromatic heterocycles. The van der Waals surface area contributed by atoms with Gasteiger partial charge in [0.15, 0.2) is 0 Å². The molecule has 0 unspecified atom stereocenters. The largest absolute Gasteiger partial charge is 0.347 e. The third-order valence-corrected chi connectivity index (χ3v) is 3.27. The van der Waals surface area contributed by atoms with E-state index in [-0.39, 0.29) is 5.91 Å². The Labute approximate surface area is 104 Å². The molecule has 0 bridgehead atoms. The molecule has 2 rings (SSSR count). The summed E-state index contributed by atoms with van der Waals surface area (Å²) < 4.78 is 0. The predicted octanol–water partition coefficient (Wildman–Crippen LogP) is 2.97. The Morgan fingerprint density at radius 3 is 2.88 bits per heavy atom. The van der Waals surface area contributed by atoms with Crippen LogP contribution in [0.15, 0.2) is 46.7 Å². The van der Waals surface area contributed by atoms with E-state index in [1.54, 1.807) is 23.5 Å². The standard InChI is InChI=1S/C12H11NOS2/c14-12(9-3-1-4-10(15)7-9)13-8-11-5-2-6-16-11/h1-7,15H,8H2,(H,13,14). The zero-order chi connectivity index (χ0) is 11.4. The first-order valence-electron chi connectivity index (χ1n) is 4.85. The van der Waals surface area contributed by atoms with Gasteiger partial charge in [-0.3, -0.25) is 4.79 Å². The van der Waals surface area contributed by atoms with E-state index >= 15 is 0 Å². The number of carbonyl (C=O) groups is 1. The van der Waals surface area contributed by atoms with E-state index < -0.39 is 0 Å². The van der Waals surface area contributed by atoms with Gasteiger partial charge in [0.05, 0.1) is 6.54 Å². The van der Waals surface area contributed by atoms with Crippen LogP contribution in [0.5, 0.6) is 0 Å². The molecule has 0 atom stereocenters. The minimum absolute atomic E-state index is 0.0655. The number of nitrogens with one attached hydrogen (secondary N) is 1. The van der Waals surface area contributed by atoms with Gasteiger partial charge in [0.25, 0.3) is 5.91 Å². The Kier molecular flexibility index (Phi) is 3.64. The molecule has 0 radical (unpaired) electrons. The number of benzene rings is 1. The number of thiol groups is 1. The van der Waals surface area contributed by atoms with E-state index in [4.69, 9.17) is 0 Å². The van der Waals surface area contributed by atoms with E-state index in [1.165, 1.54) is 0 Å². The minimum atomic E-state index is -0.0655. The average molecular weight is 249 g/mol. The molecule has 1 heterocycles. The number of hydrogen-bond donors (Lipinski definition) is 2. The molecule has 0 saturated heterocycles. The van der Waals surface area contributed by atoms with Crippen LogP contribution in [0, 0.1) is 0 Å². The molecule has 0 fully saturated rings. The number of thiophene rings is 1. The van der Waals surface area contributed by atoms with Gasteiger partial charge in [0, 0.05) is 15.3 Å². The molecule has 82 valence electrons. The summed E-state index contributed by atoms with van der Waals surface area (Å²) in [6.45, 7) is 0.577. The molecule has 1 aromatic carbocycles.